The van der Waals surface area contributed by atoms with Crippen LogP contribution < -0.4 is 0 Å². The molecule has 0 N–H and O–H groups in total. The molecule has 0 saturated carbocycles. The molecule has 5 heteroatoms. The van der Waals surface area contributed by atoms with Crippen molar-refractivity contribution in [3.8, 4) is 0 Å². The Bertz CT molecular complexity index is 569. The Morgan fingerprint density at radius 1 is 0.955 bits per heavy atom. The van der Waals surface area contributed by atoms with Crippen LogP contribution in [-0.2, 0) is 4.74 Å². The molecule has 116 valence electrons. The molecule has 0 radical (unpaired) electrons. The molecule has 3 aliphatic heterocycles. The van der Waals surface area contributed by atoms with Crippen LogP contribution in [0.3, 0.4) is 0 Å². The lowest BCUT2D eigenvalue weighted by Crippen LogP contribution is -2.43. The molecule has 3 aliphatic rings. The molecule has 2 bridgehead atoms. The van der Waals surface area contributed by atoms with Crippen LogP contribution in [-0.4, -0.2) is 60.0 Å². The fraction of sp³-hybridized carbons (Fsp3) is 0.529. The van der Waals surface area contributed by atoms with Crippen molar-refractivity contribution in [3.05, 3.63) is 35.4 Å². The van der Waals surface area contributed by atoms with E-state index >= 15 is 0 Å². The van der Waals surface area contributed by atoms with Gasteiger partial charge in [0.05, 0.1) is 23.3 Å². The molecule has 4 rings (SSSR count). The summed E-state index contributed by atoms with van der Waals surface area (Å²) in [7, 11) is 0. The molecular formula is C17H20N2O3. The van der Waals surface area contributed by atoms with Crippen LogP contribution >= 0.6 is 0 Å². The molecule has 1 aromatic rings. The Hall–Kier alpha value is -1.72. The molecule has 1 aromatic carbocycles. The van der Waals surface area contributed by atoms with Gasteiger partial charge >= 0.3 is 0 Å². The fourth-order valence-corrected chi connectivity index (χ4v) is 3.78. The zero-order chi connectivity index (χ0) is 15.1. The smallest absolute Gasteiger partial charge is 0.261 e. The number of benzene rings is 1. The van der Waals surface area contributed by atoms with Crippen LogP contribution in [0.1, 0.15) is 40.0 Å². The lowest BCUT2D eigenvalue weighted by atomic mass is 10.1. The first-order valence-corrected chi connectivity index (χ1v) is 8.05. The van der Waals surface area contributed by atoms with Gasteiger partial charge in [0.1, 0.15) is 0 Å². The first-order valence-electron chi connectivity index (χ1n) is 8.05. The minimum Gasteiger partial charge on any atom is -0.372 e. The Morgan fingerprint density at radius 3 is 2.14 bits per heavy atom. The third-order valence-corrected chi connectivity index (χ3v) is 4.85. The fourth-order valence-electron chi connectivity index (χ4n) is 3.78. The van der Waals surface area contributed by atoms with Crippen molar-refractivity contribution >= 4 is 11.8 Å². The van der Waals surface area contributed by atoms with Crippen LogP contribution in [0.25, 0.3) is 0 Å². The number of amides is 2. The highest BCUT2D eigenvalue weighted by Gasteiger charge is 2.36. The van der Waals surface area contributed by atoms with Crippen LogP contribution in [0, 0.1) is 0 Å². The van der Waals surface area contributed by atoms with E-state index in [0.717, 1.165) is 26.1 Å². The van der Waals surface area contributed by atoms with Crippen molar-refractivity contribution in [2.75, 3.05) is 26.2 Å². The van der Waals surface area contributed by atoms with Gasteiger partial charge in [0.2, 0.25) is 0 Å². The number of likely N-dealkylation sites (tertiary alicyclic amines) is 1. The molecule has 0 spiro atoms. The Kier molecular flexibility index (Phi) is 3.47. The van der Waals surface area contributed by atoms with Gasteiger partial charge < -0.3 is 4.74 Å². The first-order chi connectivity index (χ1) is 10.7. The highest BCUT2D eigenvalue weighted by Crippen LogP contribution is 2.26. The Labute approximate surface area is 129 Å². The second-order valence-corrected chi connectivity index (χ2v) is 6.38. The molecule has 3 heterocycles. The molecule has 2 saturated heterocycles. The van der Waals surface area contributed by atoms with Crippen molar-refractivity contribution in [2.24, 2.45) is 0 Å². The Balaban J connectivity index is 1.33. The van der Waals surface area contributed by atoms with Crippen molar-refractivity contribution < 1.29 is 14.3 Å². The lowest BCUT2D eigenvalue weighted by Gasteiger charge is -2.32. The maximum Gasteiger partial charge on any atom is 0.261 e. The van der Waals surface area contributed by atoms with E-state index in [1.54, 1.807) is 24.3 Å². The summed E-state index contributed by atoms with van der Waals surface area (Å²) in [4.78, 5) is 28.3. The van der Waals surface area contributed by atoms with E-state index in [-0.39, 0.29) is 11.8 Å². The van der Waals surface area contributed by atoms with Gasteiger partial charge in [-0.2, -0.15) is 0 Å². The van der Waals surface area contributed by atoms with Crippen molar-refractivity contribution in [2.45, 2.75) is 31.5 Å². The van der Waals surface area contributed by atoms with Crippen molar-refractivity contribution in [1.29, 1.82) is 0 Å². The summed E-state index contributed by atoms with van der Waals surface area (Å²) in [5.74, 6) is -0.301. The first kappa shape index (κ1) is 13.9. The van der Waals surface area contributed by atoms with Crippen LogP contribution in [0.15, 0.2) is 24.3 Å². The summed E-state index contributed by atoms with van der Waals surface area (Å²) in [5, 5.41) is 0. The lowest BCUT2D eigenvalue weighted by molar-refractivity contribution is -0.0387. The molecule has 5 nitrogen and oxygen atoms in total. The summed E-state index contributed by atoms with van der Waals surface area (Å²) in [6, 6.07) is 7.07. The van der Waals surface area contributed by atoms with Gasteiger partial charge in [-0.15, -0.1) is 0 Å². The van der Waals surface area contributed by atoms with Gasteiger partial charge in [0.15, 0.2) is 0 Å². The topological polar surface area (TPSA) is 49.9 Å². The number of morpholine rings is 1. The SMILES string of the molecule is O=C1c2ccccc2C(=O)N1CCCN1CC2CCC(C1)O2. The van der Waals surface area contributed by atoms with Gasteiger partial charge in [0, 0.05) is 26.2 Å². The maximum atomic E-state index is 12.3. The monoisotopic (exact) mass is 300 g/mol. The van der Waals surface area contributed by atoms with E-state index in [1.165, 1.54) is 17.7 Å². The van der Waals surface area contributed by atoms with E-state index in [2.05, 4.69) is 4.90 Å². The highest BCUT2D eigenvalue weighted by atomic mass is 16.5. The zero-order valence-corrected chi connectivity index (χ0v) is 12.5. The van der Waals surface area contributed by atoms with Gasteiger partial charge in [-0.1, -0.05) is 12.1 Å². The van der Waals surface area contributed by atoms with Crippen molar-refractivity contribution in [1.82, 2.24) is 9.80 Å². The molecule has 2 amide bonds. The van der Waals surface area contributed by atoms with E-state index in [1.807, 2.05) is 0 Å². The zero-order valence-electron chi connectivity index (χ0n) is 12.5. The average Bonchev–Trinajstić information content (AvgIpc) is 2.99. The van der Waals surface area contributed by atoms with E-state index in [0.29, 0.717) is 29.9 Å². The van der Waals surface area contributed by atoms with Gasteiger partial charge in [-0.3, -0.25) is 19.4 Å². The van der Waals surface area contributed by atoms with E-state index in [9.17, 15) is 9.59 Å². The second kappa shape index (κ2) is 5.48. The molecule has 0 aromatic heterocycles. The molecular weight excluding hydrogens is 280 g/mol. The van der Waals surface area contributed by atoms with Crippen LogP contribution in [0.4, 0.5) is 0 Å². The predicted octanol–water partition coefficient (Wildman–Crippen LogP) is 1.54. The standard InChI is InChI=1S/C17H20N2O3/c20-16-14-4-1-2-5-15(14)17(21)19(16)9-3-8-18-10-12-6-7-13(11-18)22-12/h1-2,4-5,12-13H,3,6-11H2. The van der Waals surface area contributed by atoms with Gasteiger partial charge in [-0.05, 0) is 31.4 Å². The summed E-state index contributed by atoms with van der Waals surface area (Å²) >= 11 is 0. The number of ether oxygens (including phenoxy) is 1. The summed E-state index contributed by atoms with van der Waals surface area (Å²) in [6.07, 6.45) is 3.93. The molecule has 0 aliphatic carbocycles. The summed E-state index contributed by atoms with van der Waals surface area (Å²) in [6.45, 7) is 3.39. The number of rotatable bonds is 4. The number of hydrogen-bond acceptors (Lipinski definition) is 4. The van der Waals surface area contributed by atoms with E-state index < -0.39 is 0 Å². The van der Waals surface area contributed by atoms with Crippen LogP contribution in [0.5, 0.6) is 0 Å². The van der Waals surface area contributed by atoms with Gasteiger partial charge in [-0.25, -0.2) is 0 Å². The number of nitrogens with zero attached hydrogens (tertiary/aromatic N) is 2. The minimum atomic E-state index is -0.150. The maximum absolute atomic E-state index is 12.3. The second-order valence-electron chi connectivity index (χ2n) is 6.38. The summed E-state index contributed by atoms with van der Waals surface area (Å²) in [5.41, 5.74) is 1.08. The van der Waals surface area contributed by atoms with E-state index in [4.69, 9.17) is 4.74 Å². The highest BCUT2D eigenvalue weighted by molar-refractivity contribution is 6.21. The van der Waals surface area contributed by atoms with Crippen LogP contribution in [0.2, 0.25) is 0 Å². The summed E-state index contributed by atoms with van der Waals surface area (Å²) < 4.78 is 5.82. The molecule has 2 atom stereocenters. The van der Waals surface area contributed by atoms with Crippen molar-refractivity contribution in [3.63, 3.8) is 0 Å². The Morgan fingerprint density at radius 2 is 1.55 bits per heavy atom. The third-order valence-electron chi connectivity index (χ3n) is 4.85. The number of fused-ring (bicyclic) bond motifs is 3. The quantitative estimate of drug-likeness (QED) is 0.791. The third kappa shape index (κ3) is 2.34. The average molecular weight is 300 g/mol. The predicted molar refractivity (Wildman–Crippen MR) is 80.8 cm³/mol. The number of carbonyl (C=O) groups excluding carboxylic acids is 2. The number of imide groups is 1. The van der Waals surface area contributed by atoms with Gasteiger partial charge in [0.25, 0.3) is 11.8 Å². The molecule has 2 fully saturated rings. The molecule has 22 heavy (non-hydrogen) atoms. The number of carbonyl (C=O) groups is 2. The molecule has 2 unspecified atom stereocenters. The largest absolute Gasteiger partial charge is 0.372 e. The minimum absolute atomic E-state index is 0.150. The normalized spacial score (nSPS) is 27.5. The number of hydrogen-bond donors (Lipinski definition) is 0.